The van der Waals surface area contributed by atoms with Gasteiger partial charge in [-0.25, -0.2) is 0 Å². The topological polar surface area (TPSA) is 24.9 Å². The lowest BCUT2D eigenvalue weighted by atomic mass is 9.82. The fraction of sp³-hybridized carbons (Fsp3) is 0.429. The molecule has 0 spiro atoms. The largest absolute Gasteiger partial charge is 0.497 e. The molecular formula is C21H24N2O2. The summed E-state index contributed by atoms with van der Waals surface area (Å²) in [5.74, 6) is 2.63. The maximum Gasteiger partial charge on any atom is 0.199 e. The second-order valence-electron chi connectivity index (χ2n) is 7.33. The Hall–Kier alpha value is -2.20. The Labute approximate surface area is 149 Å². The highest BCUT2D eigenvalue weighted by Crippen LogP contribution is 2.48. The summed E-state index contributed by atoms with van der Waals surface area (Å²) >= 11 is 0. The predicted octanol–water partition coefficient (Wildman–Crippen LogP) is 3.69. The van der Waals surface area contributed by atoms with Crippen LogP contribution in [0.15, 0.2) is 48.5 Å². The van der Waals surface area contributed by atoms with E-state index in [1.54, 1.807) is 7.11 Å². The lowest BCUT2D eigenvalue weighted by Gasteiger charge is -2.49. The second-order valence-corrected chi connectivity index (χ2v) is 7.33. The molecule has 4 aliphatic heterocycles. The Morgan fingerprint density at radius 3 is 2.64 bits per heavy atom. The molecule has 0 aliphatic carbocycles. The van der Waals surface area contributed by atoms with Gasteiger partial charge < -0.3 is 19.3 Å². The number of benzene rings is 2. The number of anilines is 1. The molecule has 2 atom stereocenters. The number of hydrogen-bond donors (Lipinski definition) is 0. The van der Waals surface area contributed by atoms with Gasteiger partial charge in [0.25, 0.3) is 0 Å². The van der Waals surface area contributed by atoms with E-state index in [2.05, 4.69) is 52.3 Å². The molecule has 0 amide bonds. The molecule has 2 aromatic carbocycles. The molecule has 3 saturated heterocycles. The molecule has 2 bridgehead atoms. The van der Waals surface area contributed by atoms with Gasteiger partial charge in [-0.05, 0) is 56.1 Å². The molecule has 0 saturated carbocycles. The minimum absolute atomic E-state index is 0.0713. The molecule has 3 fully saturated rings. The third kappa shape index (κ3) is 2.47. The van der Waals surface area contributed by atoms with Crippen molar-refractivity contribution in [3.63, 3.8) is 0 Å². The van der Waals surface area contributed by atoms with E-state index in [4.69, 9.17) is 9.47 Å². The van der Waals surface area contributed by atoms with Crippen LogP contribution < -0.4 is 14.4 Å². The molecule has 25 heavy (non-hydrogen) atoms. The molecule has 6 rings (SSSR count). The van der Waals surface area contributed by atoms with Gasteiger partial charge in [0.2, 0.25) is 0 Å². The van der Waals surface area contributed by atoms with Gasteiger partial charge in [0.05, 0.1) is 12.8 Å². The zero-order valence-corrected chi connectivity index (χ0v) is 14.6. The second kappa shape index (κ2) is 5.95. The van der Waals surface area contributed by atoms with Crippen molar-refractivity contribution >= 4 is 5.69 Å². The Bertz CT molecular complexity index is 770. The lowest BCUT2D eigenvalue weighted by molar-refractivity contribution is 0.0699. The van der Waals surface area contributed by atoms with E-state index < -0.39 is 0 Å². The van der Waals surface area contributed by atoms with Gasteiger partial charge in [-0.2, -0.15) is 0 Å². The van der Waals surface area contributed by atoms with Crippen LogP contribution in [0.5, 0.6) is 11.5 Å². The highest BCUT2D eigenvalue weighted by atomic mass is 16.5. The molecule has 0 N–H and O–H groups in total. The minimum Gasteiger partial charge on any atom is -0.497 e. The van der Waals surface area contributed by atoms with Gasteiger partial charge in [0.15, 0.2) is 6.23 Å². The molecule has 0 radical (unpaired) electrons. The SMILES string of the molecule is COc1cccc(C2Oc3ccccc3N2C2CN3CCC2CC3)c1. The molecule has 4 aliphatic rings. The molecule has 2 unspecified atom stereocenters. The minimum atomic E-state index is -0.0713. The van der Waals surface area contributed by atoms with Crippen LogP contribution in [0.25, 0.3) is 0 Å². The van der Waals surface area contributed by atoms with E-state index in [1.165, 1.54) is 31.6 Å². The van der Waals surface area contributed by atoms with Crippen molar-refractivity contribution in [3.05, 3.63) is 54.1 Å². The number of methoxy groups -OCH3 is 1. The number of fused-ring (bicyclic) bond motifs is 4. The normalized spacial score (nSPS) is 30.0. The highest BCUT2D eigenvalue weighted by Gasteiger charge is 2.44. The number of hydrogen-bond acceptors (Lipinski definition) is 4. The number of nitrogens with zero attached hydrogens (tertiary/aromatic N) is 2. The van der Waals surface area contributed by atoms with Crippen molar-refractivity contribution in [3.8, 4) is 11.5 Å². The van der Waals surface area contributed by atoms with Crippen LogP contribution in [-0.4, -0.2) is 37.7 Å². The Balaban J connectivity index is 1.56. The van der Waals surface area contributed by atoms with Crippen molar-refractivity contribution in [1.29, 1.82) is 0 Å². The third-order valence-electron chi connectivity index (χ3n) is 5.99. The number of para-hydroxylation sites is 2. The van der Waals surface area contributed by atoms with E-state index in [9.17, 15) is 0 Å². The smallest absolute Gasteiger partial charge is 0.199 e. The number of rotatable bonds is 3. The summed E-state index contributed by atoms with van der Waals surface area (Å²) in [5.41, 5.74) is 2.39. The molecule has 2 aromatic rings. The van der Waals surface area contributed by atoms with Crippen LogP contribution in [0.4, 0.5) is 5.69 Å². The first-order valence-electron chi connectivity index (χ1n) is 9.24. The van der Waals surface area contributed by atoms with Gasteiger partial charge in [-0.15, -0.1) is 0 Å². The van der Waals surface area contributed by atoms with E-state index in [0.717, 1.165) is 29.5 Å². The first kappa shape index (κ1) is 15.1. The van der Waals surface area contributed by atoms with Crippen LogP contribution >= 0.6 is 0 Å². The van der Waals surface area contributed by atoms with Crippen LogP contribution in [0.1, 0.15) is 24.6 Å². The van der Waals surface area contributed by atoms with Crippen molar-refractivity contribution in [2.24, 2.45) is 5.92 Å². The van der Waals surface area contributed by atoms with Crippen molar-refractivity contribution < 1.29 is 9.47 Å². The summed E-state index contributed by atoms with van der Waals surface area (Å²) in [5, 5.41) is 0. The molecular weight excluding hydrogens is 312 g/mol. The molecule has 4 heterocycles. The van der Waals surface area contributed by atoms with Gasteiger partial charge in [-0.3, -0.25) is 0 Å². The Morgan fingerprint density at radius 1 is 1.04 bits per heavy atom. The zero-order chi connectivity index (χ0) is 16.8. The maximum atomic E-state index is 6.42. The first-order valence-corrected chi connectivity index (χ1v) is 9.24. The number of piperidine rings is 3. The van der Waals surface area contributed by atoms with Crippen LogP contribution in [-0.2, 0) is 0 Å². The monoisotopic (exact) mass is 336 g/mol. The number of ether oxygens (including phenoxy) is 2. The van der Waals surface area contributed by atoms with Crippen molar-refractivity contribution in [2.45, 2.75) is 25.1 Å². The summed E-state index contributed by atoms with van der Waals surface area (Å²) in [6.07, 6.45) is 2.53. The molecule has 130 valence electrons. The van der Waals surface area contributed by atoms with E-state index in [0.29, 0.717) is 6.04 Å². The fourth-order valence-corrected chi connectivity index (χ4v) is 4.70. The summed E-state index contributed by atoms with van der Waals surface area (Å²) in [7, 11) is 1.72. The van der Waals surface area contributed by atoms with Gasteiger partial charge >= 0.3 is 0 Å². The predicted molar refractivity (Wildman–Crippen MR) is 98.2 cm³/mol. The standard InChI is InChI=1S/C21H24N2O2/c1-24-17-6-4-5-16(13-17)21-23(18-7-2-3-8-20(18)25-21)19-14-22-11-9-15(19)10-12-22/h2-8,13,15,19,21H,9-12,14H2,1H3. The average molecular weight is 336 g/mol. The first-order chi connectivity index (χ1) is 12.3. The van der Waals surface area contributed by atoms with Crippen LogP contribution in [0.2, 0.25) is 0 Å². The Kier molecular flexibility index (Phi) is 3.59. The summed E-state index contributed by atoms with van der Waals surface area (Å²) < 4.78 is 11.9. The van der Waals surface area contributed by atoms with E-state index >= 15 is 0 Å². The van der Waals surface area contributed by atoms with Crippen molar-refractivity contribution in [1.82, 2.24) is 4.90 Å². The van der Waals surface area contributed by atoms with E-state index in [1.807, 2.05) is 6.07 Å². The summed E-state index contributed by atoms with van der Waals surface area (Å²) in [4.78, 5) is 5.13. The van der Waals surface area contributed by atoms with E-state index in [-0.39, 0.29) is 6.23 Å². The highest BCUT2D eigenvalue weighted by molar-refractivity contribution is 5.64. The summed E-state index contributed by atoms with van der Waals surface area (Å²) in [6, 6.07) is 17.3. The van der Waals surface area contributed by atoms with Crippen LogP contribution in [0.3, 0.4) is 0 Å². The third-order valence-corrected chi connectivity index (χ3v) is 5.99. The fourth-order valence-electron chi connectivity index (χ4n) is 4.70. The van der Waals surface area contributed by atoms with Gasteiger partial charge in [0.1, 0.15) is 11.5 Å². The van der Waals surface area contributed by atoms with Gasteiger partial charge in [-0.1, -0.05) is 24.3 Å². The average Bonchev–Trinajstić information content (AvgIpc) is 3.08. The van der Waals surface area contributed by atoms with Gasteiger partial charge in [0, 0.05) is 18.2 Å². The maximum absolute atomic E-state index is 6.42. The molecule has 4 heteroatoms. The zero-order valence-electron chi connectivity index (χ0n) is 14.6. The molecule has 4 nitrogen and oxygen atoms in total. The molecule has 0 aromatic heterocycles. The quantitative estimate of drug-likeness (QED) is 0.853. The lowest BCUT2D eigenvalue weighted by Crippen LogP contribution is -2.57. The van der Waals surface area contributed by atoms with Crippen LogP contribution in [0, 0.1) is 5.92 Å². The summed E-state index contributed by atoms with van der Waals surface area (Å²) in [6.45, 7) is 3.64. The Morgan fingerprint density at radius 2 is 1.88 bits per heavy atom. The van der Waals surface area contributed by atoms with Crippen molar-refractivity contribution in [2.75, 3.05) is 31.6 Å².